The zero-order valence-electron chi connectivity index (χ0n) is 19.0. The number of pyridine rings is 3. The van der Waals surface area contributed by atoms with Crippen LogP contribution in [0.15, 0.2) is 73.2 Å². The third-order valence-corrected chi connectivity index (χ3v) is 5.09. The molecule has 0 bridgehead atoms. The van der Waals surface area contributed by atoms with Gasteiger partial charge in [-0.05, 0) is 51.1 Å². The second kappa shape index (κ2) is 8.53. The smallest absolute Gasteiger partial charge is 0.224 e. The summed E-state index contributed by atoms with van der Waals surface area (Å²) in [7, 11) is 0. The molecule has 0 radical (unpaired) electrons. The van der Waals surface area contributed by atoms with Crippen molar-refractivity contribution >= 4 is 17.2 Å². The molecule has 5 heterocycles. The molecule has 0 saturated heterocycles. The van der Waals surface area contributed by atoms with Crippen LogP contribution in [-0.2, 0) is 5.60 Å². The quantitative estimate of drug-likeness (QED) is 0.382. The maximum Gasteiger partial charge on any atom is 0.224 e. The molecule has 5 aromatic rings. The highest BCUT2D eigenvalue weighted by Crippen LogP contribution is 2.28. The second-order valence-corrected chi connectivity index (χ2v) is 8.34. The summed E-state index contributed by atoms with van der Waals surface area (Å²) < 4.78 is 7.83. The Bertz CT molecular complexity index is 1470. The molecule has 0 aliphatic carbocycles. The number of hydrogen-bond donors (Lipinski definition) is 2. The van der Waals surface area contributed by atoms with Crippen molar-refractivity contribution in [3.8, 4) is 23.0 Å². The third kappa shape index (κ3) is 4.55. The first-order valence-corrected chi connectivity index (χ1v) is 10.7. The summed E-state index contributed by atoms with van der Waals surface area (Å²) >= 11 is 0. The normalized spacial score (nSPS) is 11.5. The van der Waals surface area contributed by atoms with Crippen LogP contribution in [0.3, 0.4) is 0 Å². The Kier molecular flexibility index (Phi) is 5.39. The molecule has 0 spiro atoms. The van der Waals surface area contributed by atoms with Crippen LogP contribution in [0.4, 0.5) is 11.5 Å². The number of aromatic nitrogens is 6. The number of fused-ring (bicyclic) bond motifs is 1. The van der Waals surface area contributed by atoms with Gasteiger partial charge in [0.25, 0.3) is 0 Å². The zero-order chi connectivity index (χ0) is 23.7. The minimum Gasteiger partial charge on any atom is -0.439 e. The van der Waals surface area contributed by atoms with Crippen LogP contribution in [-0.4, -0.2) is 34.7 Å². The fourth-order valence-corrected chi connectivity index (χ4v) is 3.43. The molecule has 0 aliphatic heterocycles. The molecular weight excluding hydrogens is 430 g/mol. The van der Waals surface area contributed by atoms with Gasteiger partial charge in [0.05, 0.1) is 23.3 Å². The molecule has 0 saturated carbocycles. The average Bonchev–Trinajstić information content (AvgIpc) is 3.28. The van der Waals surface area contributed by atoms with Crippen LogP contribution in [0.1, 0.15) is 25.2 Å². The lowest BCUT2D eigenvalue weighted by Crippen LogP contribution is -2.17. The van der Waals surface area contributed by atoms with Crippen LogP contribution in [0.5, 0.6) is 11.6 Å². The summed E-state index contributed by atoms with van der Waals surface area (Å²) in [5, 5.41) is 17.8. The molecule has 34 heavy (non-hydrogen) atoms. The molecule has 0 fully saturated rings. The molecule has 5 rings (SSSR count). The minimum atomic E-state index is -1.05. The van der Waals surface area contributed by atoms with Crippen LogP contribution < -0.4 is 10.1 Å². The van der Waals surface area contributed by atoms with Gasteiger partial charge in [0.1, 0.15) is 17.2 Å². The number of rotatable bonds is 6. The number of hydrogen-bond acceptors (Lipinski definition) is 8. The van der Waals surface area contributed by atoms with Crippen molar-refractivity contribution in [3.63, 3.8) is 0 Å². The lowest BCUT2D eigenvalue weighted by molar-refractivity contribution is 0.0739. The van der Waals surface area contributed by atoms with E-state index in [9.17, 15) is 5.11 Å². The van der Waals surface area contributed by atoms with Gasteiger partial charge in [-0.15, -0.1) is 0 Å². The van der Waals surface area contributed by atoms with Crippen molar-refractivity contribution < 1.29 is 9.84 Å². The van der Waals surface area contributed by atoms with E-state index < -0.39 is 5.60 Å². The van der Waals surface area contributed by atoms with Gasteiger partial charge in [-0.3, -0.25) is 9.97 Å². The summed E-state index contributed by atoms with van der Waals surface area (Å²) in [6, 6.07) is 16.6. The summed E-state index contributed by atoms with van der Waals surface area (Å²) in [5.41, 5.74) is 3.27. The number of aliphatic hydroxyl groups is 1. The van der Waals surface area contributed by atoms with E-state index in [4.69, 9.17) is 4.74 Å². The Morgan fingerprint density at radius 1 is 0.912 bits per heavy atom. The molecule has 0 aliphatic rings. The highest BCUT2D eigenvalue weighted by molar-refractivity contribution is 5.61. The number of ether oxygens (including phenoxy) is 1. The van der Waals surface area contributed by atoms with E-state index in [2.05, 4.69) is 30.4 Å². The lowest BCUT2D eigenvalue weighted by Gasteiger charge is -2.17. The Morgan fingerprint density at radius 2 is 1.76 bits per heavy atom. The minimum absolute atomic E-state index is 0.499. The number of nitrogens with zero attached hydrogens (tertiary/aromatic N) is 6. The highest BCUT2D eigenvalue weighted by Gasteiger charge is 2.18. The largest absolute Gasteiger partial charge is 0.439 e. The zero-order valence-corrected chi connectivity index (χ0v) is 19.0. The van der Waals surface area contributed by atoms with Crippen molar-refractivity contribution in [1.29, 1.82) is 0 Å². The van der Waals surface area contributed by atoms with Crippen LogP contribution in [0.2, 0.25) is 0 Å². The van der Waals surface area contributed by atoms with E-state index in [-0.39, 0.29) is 0 Å². The first-order chi connectivity index (χ1) is 16.3. The molecule has 2 N–H and O–H groups in total. The SMILES string of the molecule is Cc1cccc(-c2cc(Oc3ccnc(Nc4ccnc(C(C)(C)O)c4)c3)n3nccc3n2)n1. The summed E-state index contributed by atoms with van der Waals surface area (Å²) in [5.74, 6) is 1.65. The van der Waals surface area contributed by atoms with E-state index in [1.54, 1.807) is 55.2 Å². The number of anilines is 2. The van der Waals surface area contributed by atoms with Gasteiger partial charge in [0.15, 0.2) is 5.65 Å². The molecule has 9 nitrogen and oxygen atoms in total. The first kappa shape index (κ1) is 21.5. The summed E-state index contributed by atoms with van der Waals surface area (Å²) in [4.78, 5) is 17.8. The van der Waals surface area contributed by atoms with Gasteiger partial charge >= 0.3 is 0 Å². The van der Waals surface area contributed by atoms with Gasteiger partial charge in [-0.25, -0.2) is 9.97 Å². The Morgan fingerprint density at radius 3 is 2.59 bits per heavy atom. The molecule has 0 aromatic carbocycles. The second-order valence-electron chi connectivity index (χ2n) is 8.34. The van der Waals surface area contributed by atoms with Crippen molar-refractivity contribution in [2.75, 3.05) is 5.32 Å². The predicted molar refractivity (Wildman–Crippen MR) is 128 cm³/mol. The summed E-state index contributed by atoms with van der Waals surface area (Å²) in [6.07, 6.45) is 4.97. The van der Waals surface area contributed by atoms with Crippen LogP contribution in [0, 0.1) is 6.92 Å². The number of aryl methyl sites for hydroxylation is 1. The van der Waals surface area contributed by atoms with E-state index in [0.717, 1.165) is 17.1 Å². The molecule has 0 atom stereocenters. The van der Waals surface area contributed by atoms with Gasteiger partial charge in [-0.1, -0.05) is 6.07 Å². The van der Waals surface area contributed by atoms with Gasteiger partial charge in [0, 0.05) is 42.0 Å². The fourth-order valence-electron chi connectivity index (χ4n) is 3.43. The van der Waals surface area contributed by atoms with Gasteiger partial charge in [-0.2, -0.15) is 9.61 Å². The molecule has 0 amide bonds. The maximum absolute atomic E-state index is 10.2. The topological polar surface area (TPSA) is 110 Å². The van der Waals surface area contributed by atoms with E-state index in [1.165, 1.54) is 0 Å². The van der Waals surface area contributed by atoms with Crippen LogP contribution >= 0.6 is 0 Å². The van der Waals surface area contributed by atoms with Crippen molar-refractivity contribution in [1.82, 2.24) is 29.5 Å². The van der Waals surface area contributed by atoms with E-state index in [1.807, 2.05) is 43.3 Å². The van der Waals surface area contributed by atoms with Gasteiger partial charge < -0.3 is 15.2 Å². The Balaban J connectivity index is 1.45. The molecule has 5 aromatic heterocycles. The van der Waals surface area contributed by atoms with Crippen molar-refractivity contribution in [3.05, 3.63) is 84.6 Å². The van der Waals surface area contributed by atoms with Gasteiger partial charge in [0.2, 0.25) is 5.88 Å². The van der Waals surface area contributed by atoms with E-state index in [0.29, 0.717) is 34.5 Å². The monoisotopic (exact) mass is 453 g/mol. The Hall–Kier alpha value is -4.37. The molecule has 170 valence electrons. The Labute approximate surface area is 196 Å². The predicted octanol–water partition coefficient (Wildman–Crippen LogP) is 4.65. The van der Waals surface area contributed by atoms with Crippen molar-refractivity contribution in [2.45, 2.75) is 26.4 Å². The van der Waals surface area contributed by atoms with Crippen molar-refractivity contribution in [2.24, 2.45) is 0 Å². The standard InChI is InChI=1S/C25H23N7O2/c1-16-5-4-6-19(29-16)20-15-24(32-23(31-20)9-12-28-32)34-18-8-11-27-22(14-18)30-17-7-10-26-21(13-17)25(2,3)33/h4-15,33H,1-3H3,(H,26,27,30). The highest BCUT2D eigenvalue weighted by atomic mass is 16.5. The molecule has 0 unspecified atom stereocenters. The molecule has 9 heteroatoms. The summed E-state index contributed by atoms with van der Waals surface area (Å²) in [6.45, 7) is 5.32. The molecular formula is C25H23N7O2. The fraction of sp³-hybridized carbons (Fsp3) is 0.160. The lowest BCUT2D eigenvalue weighted by atomic mass is 10.0. The maximum atomic E-state index is 10.2. The van der Waals surface area contributed by atoms with E-state index >= 15 is 0 Å². The first-order valence-electron chi connectivity index (χ1n) is 10.7. The number of nitrogens with one attached hydrogen (secondary N) is 1. The third-order valence-electron chi connectivity index (χ3n) is 5.09. The van der Waals surface area contributed by atoms with Crippen LogP contribution in [0.25, 0.3) is 17.0 Å². The average molecular weight is 454 g/mol.